The lowest BCUT2D eigenvalue weighted by molar-refractivity contribution is -0.141. The first-order valence-electron chi connectivity index (χ1n) is 12.1. The number of ketones is 2. The van der Waals surface area contributed by atoms with Gasteiger partial charge in [-0.2, -0.15) is 0 Å². The van der Waals surface area contributed by atoms with Gasteiger partial charge in [-0.3, -0.25) is 9.59 Å². The molecule has 0 saturated heterocycles. The number of carbonyl (C=O) groups excluding carboxylic acids is 2. The Morgan fingerprint density at radius 1 is 0.967 bits per heavy atom. The molecule has 3 fully saturated rings. The van der Waals surface area contributed by atoms with Gasteiger partial charge in [-0.05, 0) is 98.5 Å². The van der Waals surface area contributed by atoms with Gasteiger partial charge in [0.25, 0.3) is 0 Å². The Balaban J connectivity index is 1.50. The van der Waals surface area contributed by atoms with Gasteiger partial charge >= 0.3 is 0 Å². The fourth-order valence-electron chi connectivity index (χ4n) is 8.63. The molecule has 2 nitrogen and oxygen atoms in total. The van der Waals surface area contributed by atoms with Crippen molar-refractivity contribution in [1.29, 1.82) is 0 Å². The standard InChI is InChI=1S/C28H36O2/c1-19(29)28(18-20-7-5-4-6-8-20)16-13-25-23-10-9-21-17-22(30)11-14-26(21,2)24(23)12-15-27(25,28)3/h4-8,17,23-25H,9-16,18H2,1-3H3/t23?,24?,25?,26-,27-,28?/m0/s1. The third-order valence-electron chi connectivity index (χ3n) is 10.3. The Morgan fingerprint density at radius 3 is 2.43 bits per heavy atom. The summed E-state index contributed by atoms with van der Waals surface area (Å²) < 4.78 is 0. The molecule has 0 spiro atoms. The maximum Gasteiger partial charge on any atom is 0.155 e. The van der Waals surface area contributed by atoms with E-state index in [0.717, 1.165) is 38.5 Å². The van der Waals surface area contributed by atoms with Crippen LogP contribution in [0.5, 0.6) is 0 Å². The minimum Gasteiger partial charge on any atom is -0.299 e. The van der Waals surface area contributed by atoms with Gasteiger partial charge in [-0.15, -0.1) is 0 Å². The summed E-state index contributed by atoms with van der Waals surface area (Å²) in [6.07, 6.45) is 11.5. The van der Waals surface area contributed by atoms with Crippen LogP contribution in [0, 0.1) is 34.0 Å². The fourth-order valence-corrected chi connectivity index (χ4v) is 8.63. The van der Waals surface area contributed by atoms with Gasteiger partial charge in [0.1, 0.15) is 5.78 Å². The van der Waals surface area contributed by atoms with E-state index in [2.05, 4.69) is 44.2 Å². The van der Waals surface area contributed by atoms with Crippen LogP contribution in [0.3, 0.4) is 0 Å². The molecule has 0 aromatic heterocycles. The SMILES string of the molecule is CC(=O)C1(Cc2ccccc2)CCC2C3CCC4=CC(=O)CC[C@]4(C)C3CC[C@@]21C. The summed E-state index contributed by atoms with van der Waals surface area (Å²) in [5.41, 5.74) is 2.83. The Kier molecular flexibility index (Phi) is 4.65. The van der Waals surface area contributed by atoms with Crippen LogP contribution >= 0.6 is 0 Å². The van der Waals surface area contributed by atoms with Gasteiger partial charge in [-0.1, -0.05) is 49.8 Å². The van der Waals surface area contributed by atoms with E-state index in [4.69, 9.17) is 0 Å². The van der Waals surface area contributed by atoms with Crippen molar-refractivity contribution in [2.24, 2.45) is 34.0 Å². The first-order valence-corrected chi connectivity index (χ1v) is 12.1. The largest absolute Gasteiger partial charge is 0.299 e. The number of allylic oxidation sites excluding steroid dienone is 1. The smallest absolute Gasteiger partial charge is 0.155 e. The van der Waals surface area contributed by atoms with Gasteiger partial charge in [0.05, 0.1) is 0 Å². The molecule has 6 atom stereocenters. The summed E-state index contributed by atoms with van der Waals surface area (Å²) in [6.45, 7) is 6.77. The monoisotopic (exact) mass is 404 g/mol. The molecule has 4 aliphatic rings. The van der Waals surface area contributed by atoms with E-state index in [-0.39, 0.29) is 16.2 Å². The van der Waals surface area contributed by atoms with Crippen LogP contribution in [-0.2, 0) is 16.0 Å². The molecule has 4 unspecified atom stereocenters. The molecule has 1 aromatic carbocycles. The highest BCUT2D eigenvalue weighted by molar-refractivity contribution is 5.91. The van der Waals surface area contributed by atoms with Gasteiger partial charge in [0, 0.05) is 11.8 Å². The molecular weight excluding hydrogens is 368 g/mol. The molecule has 0 aliphatic heterocycles. The fraction of sp³-hybridized carbons (Fsp3) is 0.643. The molecule has 0 heterocycles. The molecule has 3 saturated carbocycles. The number of hydrogen-bond donors (Lipinski definition) is 0. The number of rotatable bonds is 3. The van der Waals surface area contributed by atoms with E-state index in [1.807, 2.05) is 13.0 Å². The van der Waals surface area contributed by atoms with Crippen LogP contribution in [0.4, 0.5) is 0 Å². The van der Waals surface area contributed by atoms with E-state index in [1.165, 1.54) is 30.4 Å². The van der Waals surface area contributed by atoms with Gasteiger partial charge in [0.15, 0.2) is 5.78 Å². The first-order chi connectivity index (χ1) is 14.3. The summed E-state index contributed by atoms with van der Waals surface area (Å²) in [5, 5.41) is 0. The number of Topliss-reactive ketones (excluding diaryl/α,β-unsaturated/α-hetero) is 1. The normalized spacial score (nSPS) is 42.7. The van der Waals surface area contributed by atoms with Crippen LogP contribution in [0.15, 0.2) is 42.0 Å². The minimum atomic E-state index is -0.219. The molecule has 5 rings (SSSR count). The zero-order chi connectivity index (χ0) is 21.1. The molecule has 2 heteroatoms. The summed E-state index contributed by atoms with van der Waals surface area (Å²) in [5.74, 6) is 2.76. The second kappa shape index (κ2) is 6.90. The second-order valence-corrected chi connectivity index (χ2v) is 11.3. The van der Waals surface area contributed by atoms with E-state index in [0.29, 0.717) is 29.3 Å². The van der Waals surface area contributed by atoms with E-state index in [1.54, 1.807) is 0 Å². The Morgan fingerprint density at radius 2 is 1.70 bits per heavy atom. The second-order valence-electron chi connectivity index (χ2n) is 11.3. The van der Waals surface area contributed by atoms with Crippen molar-refractivity contribution >= 4 is 11.6 Å². The number of hydrogen-bond acceptors (Lipinski definition) is 2. The van der Waals surface area contributed by atoms with Crippen molar-refractivity contribution in [3.05, 3.63) is 47.5 Å². The highest BCUT2D eigenvalue weighted by atomic mass is 16.1. The van der Waals surface area contributed by atoms with Crippen LogP contribution in [0.2, 0.25) is 0 Å². The zero-order valence-electron chi connectivity index (χ0n) is 18.9. The molecular formula is C28H36O2. The lowest BCUT2D eigenvalue weighted by Gasteiger charge is -2.59. The van der Waals surface area contributed by atoms with Crippen LogP contribution < -0.4 is 0 Å². The lowest BCUT2D eigenvalue weighted by atomic mass is 9.44. The number of benzene rings is 1. The van der Waals surface area contributed by atoms with Crippen molar-refractivity contribution in [3.8, 4) is 0 Å². The molecule has 0 amide bonds. The van der Waals surface area contributed by atoms with Gasteiger partial charge in [-0.25, -0.2) is 0 Å². The van der Waals surface area contributed by atoms with Gasteiger partial charge < -0.3 is 0 Å². The number of carbonyl (C=O) groups is 2. The van der Waals surface area contributed by atoms with E-state index >= 15 is 0 Å². The highest BCUT2D eigenvalue weighted by Gasteiger charge is 2.65. The highest BCUT2D eigenvalue weighted by Crippen LogP contribution is 2.70. The molecule has 1 aromatic rings. The Bertz CT molecular complexity index is 898. The quantitative estimate of drug-likeness (QED) is 0.589. The predicted molar refractivity (Wildman–Crippen MR) is 120 cm³/mol. The third-order valence-corrected chi connectivity index (χ3v) is 10.3. The van der Waals surface area contributed by atoms with Crippen molar-refractivity contribution in [2.45, 2.75) is 78.6 Å². The lowest BCUT2D eigenvalue weighted by Crippen LogP contribution is -2.54. The maximum absolute atomic E-state index is 13.3. The van der Waals surface area contributed by atoms with Crippen LogP contribution in [0.25, 0.3) is 0 Å². The average molecular weight is 405 g/mol. The molecule has 160 valence electrons. The van der Waals surface area contributed by atoms with Crippen molar-refractivity contribution < 1.29 is 9.59 Å². The van der Waals surface area contributed by atoms with Crippen molar-refractivity contribution in [2.75, 3.05) is 0 Å². The molecule has 0 N–H and O–H groups in total. The van der Waals surface area contributed by atoms with Crippen LogP contribution in [0.1, 0.15) is 77.7 Å². The molecule has 0 radical (unpaired) electrons. The maximum atomic E-state index is 13.3. The Hall–Kier alpha value is -1.70. The third kappa shape index (κ3) is 2.68. The zero-order valence-corrected chi connectivity index (χ0v) is 18.9. The predicted octanol–water partition coefficient (Wildman–Crippen LogP) is 6.34. The summed E-state index contributed by atoms with van der Waals surface area (Å²) in [4.78, 5) is 25.3. The van der Waals surface area contributed by atoms with Gasteiger partial charge in [0.2, 0.25) is 0 Å². The summed E-state index contributed by atoms with van der Waals surface area (Å²) in [7, 11) is 0. The van der Waals surface area contributed by atoms with Crippen molar-refractivity contribution in [1.82, 2.24) is 0 Å². The molecule has 4 aliphatic carbocycles. The molecule has 30 heavy (non-hydrogen) atoms. The molecule has 0 bridgehead atoms. The van der Waals surface area contributed by atoms with Crippen molar-refractivity contribution in [3.63, 3.8) is 0 Å². The number of fused-ring (bicyclic) bond motifs is 5. The summed E-state index contributed by atoms with van der Waals surface area (Å²) in [6, 6.07) is 10.7. The summed E-state index contributed by atoms with van der Waals surface area (Å²) >= 11 is 0. The topological polar surface area (TPSA) is 34.1 Å². The minimum absolute atomic E-state index is 0.0951. The average Bonchev–Trinajstić information content (AvgIpc) is 3.03. The van der Waals surface area contributed by atoms with E-state index in [9.17, 15) is 9.59 Å². The van der Waals surface area contributed by atoms with E-state index < -0.39 is 0 Å². The van der Waals surface area contributed by atoms with Crippen LogP contribution in [-0.4, -0.2) is 11.6 Å². The Labute approximate surface area is 181 Å². The first kappa shape index (κ1) is 20.2.